The molecule has 1 unspecified atom stereocenters. The van der Waals surface area contributed by atoms with Crippen molar-refractivity contribution in [2.24, 2.45) is 0 Å². The van der Waals surface area contributed by atoms with Gasteiger partial charge in [0.15, 0.2) is 0 Å². The number of hydrogen-bond donors (Lipinski definition) is 1. The molecule has 102 valence electrons. The van der Waals surface area contributed by atoms with Crippen molar-refractivity contribution >= 4 is 11.3 Å². The van der Waals surface area contributed by atoms with Crippen molar-refractivity contribution in [3.63, 3.8) is 0 Å². The highest BCUT2D eigenvalue weighted by molar-refractivity contribution is 7.11. The van der Waals surface area contributed by atoms with E-state index in [1.54, 1.807) is 18.4 Å². The molecular formula is C15H20N2OS. The second kappa shape index (κ2) is 6.28. The van der Waals surface area contributed by atoms with Gasteiger partial charge in [-0.25, -0.2) is 4.98 Å². The number of methoxy groups -OCH3 is 1. The van der Waals surface area contributed by atoms with E-state index in [4.69, 9.17) is 4.74 Å². The molecule has 0 amide bonds. The smallest absolute Gasteiger partial charge is 0.115 e. The van der Waals surface area contributed by atoms with Crippen molar-refractivity contribution in [3.8, 4) is 0 Å². The Morgan fingerprint density at radius 2 is 2.16 bits per heavy atom. The molecule has 2 aromatic rings. The van der Waals surface area contributed by atoms with Gasteiger partial charge >= 0.3 is 0 Å². The summed E-state index contributed by atoms with van der Waals surface area (Å²) < 4.78 is 5.19. The Hall–Kier alpha value is -1.23. The maximum atomic E-state index is 5.19. The van der Waals surface area contributed by atoms with Crippen LogP contribution in [0.2, 0.25) is 0 Å². The summed E-state index contributed by atoms with van der Waals surface area (Å²) in [6.07, 6.45) is 0. The van der Waals surface area contributed by atoms with Crippen molar-refractivity contribution in [2.75, 3.05) is 14.2 Å². The van der Waals surface area contributed by atoms with Crippen LogP contribution in [0.1, 0.15) is 32.7 Å². The fraction of sp³-hybridized carbons (Fsp3) is 0.400. The van der Waals surface area contributed by atoms with Crippen LogP contribution in [0, 0.1) is 13.8 Å². The summed E-state index contributed by atoms with van der Waals surface area (Å²) >= 11 is 1.76. The number of aryl methyl sites for hydroxylation is 2. The highest BCUT2D eigenvalue weighted by Gasteiger charge is 2.17. The zero-order valence-electron chi connectivity index (χ0n) is 11.9. The number of rotatable bonds is 5. The third-order valence-electron chi connectivity index (χ3n) is 3.18. The minimum absolute atomic E-state index is 0.147. The van der Waals surface area contributed by atoms with E-state index in [9.17, 15) is 0 Å². The predicted octanol–water partition coefficient (Wildman–Crippen LogP) is 3.22. The lowest BCUT2D eigenvalue weighted by molar-refractivity contribution is 0.185. The molecule has 1 heterocycles. The van der Waals surface area contributed by atoms with Gasteiger partial charge in [-0.15, -0.1) is 11.3 Å². The number of benzene rings is 1. The Morgan fingerprint density at radius 3 is 2.74 bits per heavy atom. The molecule has 1 N–H and O–H groups in total. The number of nitrogens with one attached hydrogen (secondary N) is 1. The molecule has 19 heavy (non-hydrogen) atoms. The van der Waals surface area contributed by atoms with Crippen LogP contribution in [-0.2, 0) is 11.3 Å². The molecule has 0 spiro atoms. The first-order valence-electron chi connectivity index (χ1n) is 6.34. The summed E-state index contributed by atoms with van der Waals surface area (Å²) in [6.45, 7) is 4.81. The Balaban J connectivity index is 2.33. The predicted molar refractivity (Wildman–Crippen MR) is 79.6 cm³/mol. The van der Waals surface area contributed by atoms with Crippen LogP contribution in [0.3, 0.4) is 0 Å². The van der Waals surface area contributed by atoms with Crippen molar-refractivity contribution in [1.82, 2.24) is 10.3 Å². The van der Waals surface area contributed by atoms with Gasteiger partial charge in [-0.3, -0.25) is 0 Å². The molecule has 0 saturated heterocycles. The van der Waals surface area contributed by atoms with Crippen molar-refractivity contribution in [2.45, 2.75) is 26.5 Å². The molecule has 0 aliphatic carbocycles. The van der Waals surface area contributed by atoms with Crippen LogP contribution in [-0.4, -0.2) is 19.1 Å². The molecule has 1 atom stereocenters. The van der Waals surface area contributed by atoms with E-state index in [0.29, 0.717) is 6.61 Å². The molecule has 0 aliphatic heterocycles. The van der Waals surface area contributed by atoms with Crippen LogP contribution in [0.4, 0.5) is 0 Å². The summed E-state index contributed by atoms with van der Waals surface area (Å²) in [7, 11) is 3.69. The number of aromatic nitrogens is 1. The third kappa shape index (κ3) is 3.21. The zero-order valence-corrected chi connectivity index (χ0v) is 12.7. The van der Waals surface area contributed by atoms with Crippen LogP contribution >= 0.6 is 11.3 Å². The fourth-order valence-corrected chi connectivity index (χ4v) is 3.14. The second-order valence-electron chi connectivity index (χ2n) is 4.59. The minimum Gasteiger partial charge on any atom is -0.380 e. The van der Waals surface area contributed by atoms with E-state index in [2.05, 4.69) is 48.4 Å². The van der Waals surface area contributed by atoms with Crippen LogP contribution in [0.15, 0.2) is 24.3 Å². The highest BCUT2D eigenvalue weighted by atomic mass is 32.1. The van der Waals surface area contributed by atoms with Crippen molar-refractivity contribution in [3.05, 3.63) is 51.0 Å². The Morgan fingerprint density at radius 1 is 1.37 bits per heavy atom. The molecule has 2 rings (SSSR count). The van der Waals surface area contributed by atoms with E-state index < -0.39 is 0 Å². The molecule has 0 aliphatic rings. The van der Waals surface area contributed by atoms with Gasteiger partial charge in [0.25, 0.3) is 0 Å². The average molecular weight is 276 g/mol. The molecule has 0 saturated carbocycles. The van der Waals surface area contributed by atoms with E-state index in [0.717, 1.165) is 10.7 Å². The quantitative estimate of drug-likeness (QED) is 0.910. The average Bonchev–Trinajstić information content (AvgIpc) is 2.71. The maximum absolute atomic E-state index is 5.19. The highest BCUT2D eigenvalue weighted by Crippen LogP contribution is 2.28. The van der Waals surface area contributed by atoms with Gasteiger partial charge in [-0.05, 0) is 32.0 Å². The van der Waals surface area contributed by atoms with Crippen molar-refractivity contribution in [1.29, 1.82) is 0 Å². The minimum atomic E-state index is 0.147. The molecule has 1 aromatic carbocycles. The maximum Gasteiger partial charge on any atom is 0.115 e. The number of ether oxygens (including phenoxy) is 1. The molecule has 1 aromatic heterocycles. The molecule has 0 radical (unpaired) electrons. The summed E-state index contributed by atoms with van der Waals surface area (Å²) in [6, 6.07) is 8.61. The van der Waals surface area contributed by atoms with Gasteiger partial charge in [0.2, 0.25) is 0 Å². The van der Waals surface area contributed by atoms with E-state index in [-0.39, 0.29) is 6.04 Å². The molecule has 3 nitrogen and oxygen atoms in total. The summed E-state index contributed by atoms with van der Waals surface area (Å²) in [5.41, 5.74) is 3.53. The van der Waals surface area contributed by atoms with Gasteiger partial charge in [0.1, 0.15) is 5.01 Å². The standard InChI is InChI=1S/C15H20N2OS/c1-10-11(2)19-15(17-10)14(16-3)13-7-5-6-12(8-13)9-18-4/h5-8,14,16H,9H2,1-4H3. The SMILES string of the molecule is CNC(c1cccc(COC)c1)c1nc(C)c(C)s1. The fourth-order valence-electron chi connectivity index (χ4n) is 2.08. The second-order valence-corrected chi connectivity index (χ2v) is 5.83. The summed E-state index contributed by atoms with van der Waals surface area (Å²) in [5.74, 6) is 0. The van der Waals surface area contributed by atoms with Crippen LogP contribution in [0.25, 0.3) is 0 Å². The number of thiazole rings is 1. The topological polar surface area (TPSA) is 34.1 Å². The lowest BCUT2D eigenvalue weighted by Gasteiger charge is -2.15. The molecular weight excluding hydrogens is 256 g/mol. The third-order valence-corrected chi connectivity index (χ3v) is 4.31. The van der Waals surface area contributed by atoms with Gasteiger partial charge in [-0.1, -0.05) is 24.3 Å². The Labute approximate surface area is 118 Å². The van der Waals surface area contributed by atoms with Crippen LogP contribution < -0.4 is 5.32 Å². The normalized spacial score (nSPS) is 12.6. The number of hydrogen-bond acceptors (Lipinski definition) is 4. The first-order chi connectivity index (χ1) is 9.15. The Kier molecular flexibility index (Phi) is 4.69. The first-order valence-corrected chi connectivity index (χ1v) is 7.16. The van der Waals surface area contributed by atoms with Crippen LogP contribution in [0.5, 0.6) is 0 Å². The largest absolute Gasteiger partial charge is 0.380 e. The van der Waals surface area contributed by atoms with Gasteiger partial charge in [0, 0.05) is 12.0 Å². The van der Waals surface area contributed by atoms with Crippen molar-refractivity contribution < 1.29 is 4.74 Å². The zero-order chi connectivity index (χ0) is 13.8. The number of nitrogens with zero attached hydrogens (tertiary/aromatic N) is 1. The lowest BCUT2D eigenvalue weighted by Crippen LogP contribution is -2.17. The molecule has 0 bridgehead atoms. The molecule has 4 heteroatoms. The monoisotopic (exact) mass is 276 g/mol. The van der Waals surface area contributed by atoms with E-state index in [1.165, 1.54) is 16.0 Å². The van der Waals surface area contributed by atoms with Gasteiger partial charge < -0.3 is 10.1 Å². The summed E-state index contributed by atoms with van der Waals surface area (Å²) in [4.78, 5) is 5.94. The lowest BCUT2D eigenvalue weighted by atomic mass is 10.0. The van der Waals surface area contributed by atoms with E-state index in [1.807, 2.05) is 7.05 Å². The first kappa shape index (κ1) is 14.2. The van der Waals surface area contributed by atoms with E-state index >= 15 is 0 Å². The van der Waals surface area contributed by atoms with Gasteiger partial charge in [0.05, 0.1) is 18.3 Å². The molecule has 0 fully saturated rings. The summed E-state index contributed by atoms with van der Waals surface area (Å²) in [5, 5.41) is 4.47. The van der Waals surface area contributed by atoms with Gasteiger partial charge in [-0.2, -0.15) is 0 Å². The Bertz CT molecular complexity index is 531.